The van der Waals surface area contributed by atoms with Crippen LogP contribution in [0.5, 0.6) is 0 Å². The first-order valence-corrected chi connectivity index (χ1v) is 11.1. The van der Waals surface area contributed by atoms with Gasteiger partial charge in [0.25, 0.3) is 0 Å². The highest BCUT2D eigenvalue weighted by Gasteiger charge is 2.28. The van der Waals surface area contributed by atoms with E-state index in [1.165, 1.54) is 10.8 Å². The minimum atomic E-state index is -0.472. The summed E-state index contributed by atoms with van der Waals surface area (Å²) >= 11 is 0. The number of likely N-dealkylation sites (N-methyl/N-ethyl adjacent to an activating group) is 1. The zero-order chi connectivity index (χ0) is 22.2. The number of carbonyl (C=O) groups is 2. The molecule has 1 unspecified atom stereocenters. The van der Waals surface area contributed by atoms with E-state index in [0.29, 0.717) is 32.4 Å². The molecule has 2 amide bonds. The third-order valence-corrected chi connectivity index (χ3v) is 5.66. The van der Waals surface area contributed by atoms with Crippen molar-refractivity contribution in [1.82, 2.24) is 10.2 Å². The van der Waals surface area contributed by atoms with Gasteiger partial charge in [-0.3, -0.25) is 9.59 Å². The molecule has 0 bridgehead atoms. The van der Waals surface area contributed by atoms with Crippen LogP contribution in [0.4, 0.5) is 0 Å². The van der Waals surface area contributed by atoms with Gasteiger partial charge in [0.1, 0.15) is 6.04 Å². The first kappa shape index (κ1) is 22.5. The molecular weight excluding hydrogens is 384 g/mol. The van der Waals surface area contributed by atoms with Crippen molar-refractivity contribution in [1.29, 1.82) is 0 Å². The average Bonchev–Trinajstić information content (AvgIpc) is 2.77. The SMILES string of the molecule is CCNC(=O)C(CC)N(Cc1cccc(C)c1)C(=O)CCc1cccc2ccccc12. The number of hydrogen-bond donors (Lipinski definition) is 1. The van der Waals surface area contributed by atoms with Gasteiger partial charge in [0.2, 0.25) is 11.8 Å². The summed E-state index contributed by atoms with van der Waals surface area (Å²) in [5.41, 5.74) is 3.35. The molecule has 3 rings (SSSR count). The van der Waals surface area contributed by atoms with Gasteiger partial charge in [0, 0.05) is 19.5 Å². The smallest absolute Gasteiger partial charge is 0.242 e. The Morgan fingerprint density at radius 1 is 0.968 bits per heavy atom. The fraction of sp³-hybridized carbons (Fsp3) is 0.333. The second-order valence-corrected chi connectivity index (χ2v) is 7.97. The van der Waals surface area contributed by atoms with Gasteiger partial charge in [-0.2, -0.15) is 0 Å². The molecule has 0 saturated carbocycles. The Hall–Kier alpha value is -3.14. The van der Waals surface area contributed by atoms with Crippen LogP contribution in [0.1, 0.15) is 43.4 Å². The van der Waals surface area contributed by atoms with Crippen molar-refractivity contribution in [3.8, 4) is 0 Å². The molecule has 4 heteroatoms. The van der Waals surface area contributed by atoms with Gasteiger partial charge in [0.15, 0.2) is 0 Å². The van der Waals surface area contributed by atoms with Crippen LogP contribution in [0.15, 0.2) is 66.7 Å². The van der Waals surface area contributed by atoms with Gasteiger partial charge >= 0.3 is 0 Å². The molecule has 0 spiro atoms. The molecule has 1 N–H and O–H groups in total. The van der Waals surface area contributed by atoms with Gasteiger partial charge < -0.3 is 10.2 Å². The Kier molecular flexibility index (Phi) is 7.82. The Bertz CT molecular complexity index is 1040. The summed E-state index contributed by atoms with van der Waals surface area (Å²) in [6.45, 7) is 6.89. The Morgan fingerprint density at radius 2 is 1.71 bits per heavy atom. The lowest BCUT2D eigenvalue weighted by Crippen LogP contribution is -2.49. The maximum absolute atomic E-state index is 13.4. The number of nitrogens with one attached hydrogen (secondary N) is 1. The van der Waals surface area contributed by atoms with Crippen LogP contribution < -0.4 is 5.32 Å². The quantitative estimate of drug-likeness (QED) is 0.532. The van der Waals surface area contributed by atoms with Crippen molar-refractivity contribution in [2.24, 2.45) is 0 Å². The molecule has 0 saturated heterocycles. The van der Waals surface area contributed by atoms with Crippen LogP contribution >= 0.6 is 0 Å². The summed E-state index contributed by atoms with van der Waals surface area (Å²) < 4.78 is 0. The molecule has 0 aliphatic rings. The fourth-order valence-corrected chi connectivity index (χ4v) is 4.11. The predicted octanol–water partition coefficient (Wildman–Crippen LogP) is 5.02. The molecule has 0 fully saturated rings. The summed E-state index contributed by atoms with van der Waals surface area (Å²) in [6.07, 6.45) is 1.60. The highest BCUT2D eigenvalue weighted by atomic mass is 16.2. The maximum Gasteiger partial charge on any atom is 0.242 e. The van der Waals surface area contributed by atoms with E-state index in [1.54, 1.807) is 4.90 Å². The summed E-state index contributed by atoms with van der Waals surface area (Å²) in [4.78, 5) is 27.9. The molecule has 162 valence electrons. The molecule has 0 aliphatic heterocycles. The number of amides is 2. The molecule has 1 atom stereocenters. The van der Waals surface area contributed by atoms with E-state index in [4.69, 9.17) is 0 Å². The van der Waals surface area contributed by atoms with Crippen molar-refractivity contribution in [3.63, 3.8) is 0 Å². The lowest BCUT2D eigenvalue weighted by molar-refractivity contribution is -0.141. The van der Waals surface area contributed by atoms with Crippen LogP contribution in [-0.2, 0) is 22.6 Å². The monoisotopic (exact) mass is 416 g/mol. The van der Waals surface area contributed by atoms with Gasteiger partial charge in [0.05, 0.1) is 0 Å². The molecular formula is C27H32N2O2. The zero-order valence-corrected chi connectivity index (χ0v) is 18.7. The van der Waals surface area contributed by atoms with E-state index >= 15 is 0 Å². The summed E-state index contributed by atoms with van der Waals surface area (Å²) in [5.74, 6) is -0.0799. The summed E-state index contributed by atoms with van der Waals surface area (Å²) in [5, 5.41) is 5.25. The molecule has 0 radical (unpaired) electrons. The maximum atomic E-state index is 13.4. The largest absolute Gasteiger partial charge is 0.355 e. The molecule has 3 aromatic carbocycles. The standard InChI is InChI=1S/C27H32N2O2/c1-4-25(27(31)28-5-2)29(19-21-11-8-10-20(3)18-21)26(30)17-16-23-14-9-13-22-12-6-7-15-24(22)23/h6-15,18,25H,4-5,16-17,19H2,1-3H3,(H,28,31). The number of nitrogens with zero attached hydrogens (tertiary/aromatic N) is 1. The molecule has 0 aliphatic carbocycles. The lowest BCUT2D eigenvalue weighted by Gasteiger charge is -2.31. The lowest BCUT2D eigenvalue weighted by atomic mass is 10.00. The van der Waals surface area contributed by atoms with Gasteiger partial charge in [-0.05, 0) is 48.6 Å². The van der Waals surface area contributed by atoms with Gasteiger partial charge in [-0.1, -0.05) is 79.2 Å². The highest BCUT2D eigenvalue weighted by Crippen LogP contribution is 2.21. The van der Waals surface area contributed by atoms with Crippen LogP contribution in [-0.4, -0.2) is 29.3 Å². The average molecular weight is 417 g/mol. The Morgan fingerprint density at radius 3 is 2.45 bits per heavy atom. The highest BCUT2D eigenvalue weighted by molar-refractivity contribution is 5.89. The number of benzene rings is 3. The normalized spacial score (nSPS) is 11.8. The Labute approximate surface area is 185 Å². The fourth-order valence-electron chi connectivity index (χ4n) is 4.11. The van der Waals surface area contributed by atoms with Crippen molar-refractivity contribution < 1.29 is 9.59 Å². The van der Waals surface area contributed by atoms with E-state index < -0.39 is 6.04 Å². The molecule has 3 aromatic rings. The van der Waals surface area contributed by atoms with E-state index in [2.05, 4.69) is 35.6 Å². The van der Waals surface area contributed by atoms with Crippen molar-refractivity contribution in [3.05, 3.63) is 83.4 Å². The number of hydrogen-bond acceptors (Lipinski definition) is 2. The predicted molar refractivity (Wildman–Crippen MR) is 127 cm³/mol. The van der Waals surface area contributed by atoms with Crippen LogP contribution in [0, 0.1) is 6.92 Å². The topological polar surface area (TPSA) is 49.4 Å². The van der Waals surface area contributed by atoms with Crippen molar-refractivity contribution >= 4 is 22.6 Å². The number of rotatable bonds is 9. The van der Waals surface area contributed by atoms with E-state index in [1.807, 2.05) is 57.2 Å². The second kappa shape index (κ2) is 10.8. The van der Waals surface area contributed by atoms with Crippen molar-refractivity contribution in [2.45, 2.75) is 52.6 Å². The van der Waals surface area contributed by atoms with E-state index in [9.17, 15) is 9.59 Å². The molecule has 4 nitrogen and oxygen atoms in total. The third-order valence-electron chi connectivity index (χ3n) is 5.66. The first-order valence-electron chi connectivity index (χ1n) is 11.1. The van der Waals surface area contributed by atoms with E-state index in [0.717, 1.165) is 16.7 Å². The van der Waals surface area contributed by atoms with Crippen LogP contribution in [0.2, 0.25) is 0 Å². The molecule has 0 heterocycles. The summed E-state index contributed by atoms with van der Waals surface area (Å²) in [6, 6.07) is 22.1. The number of aryl methyl sites for hydroxylation is 2. The summed E-state index contributed by atoms with van der Waals surface area (Å²) in [7, 11) is 0. The van der Waals surface area contributed by atoms with Gasteiger partial charge in [-0.15, -0.1) is 0 Å². The number of fused-ring (bicyclic) bond motifs is 1. The number of carbonyl (C=O) groups excluding carboxylic acids is 2. The van der Waals surface area contributed by atoms with Crippen molar-refractivity contribution in [2.75, 3.05) is 6.54 Å². The van der Waals surface area contributed by atoms with Crippen LogP contribution in [0.3, 0.4) is 0 Å². The van der Waals surface area contributed by atoms with Gasteiger partial charge in [-0.25, -0.2) is 0 Å². The minimum Gasteiger partial charge on any atom is -0.355 e. The molecule has 31 heavy (non-hydrogen) atoms. The Balaban J connectivity index is 1.82. The second-order valence-electron chi connectivity index (χ2n) is 7.97. The zero-order valence-electron chi connectivity index (χ0n) is 18.7. The third kappa shape index (κ3) is 5.72. The molecule has 0 aromatic heterocycles. The van der Waals surface area contributed by atoms with E-state index in [-0.39, 0.29) is 11.8 Å². The van der Waals surface area contributed by atoms with Crippen LogP contribution in [0.25, 0.3) is 10.8 Å². The first-order chi connectivity index (χ1) is 15.0. The minimum absolute atomic E-state index is 0.00698.